The van der Waals surface area contributed by atoms with Crippen LogP contribution in [0.3, 0.4) is 0 Å². The summed E-state index contributed by atoms with van der Waals surface area (Å²) in [5.41, 5.74) is -1.21. The van der Waals surface area contributed by atoms with Gasteiger partial charge < -0.3 is 5.32 Å². The largest absolute Gasteiger partial charge is 0.416 e. The highest BCUT2D eigenvalue weighted by molar-refractivity contribution is 7.89. The molecule has 0 saturated carbocycles. The quantitative estimate of drug-likeness (QED) is 0.511. The van der Waals surface area contributed by atoms with Crippen molar-refractivity contribution in [1.82, 2.24) is 9.21 Å². The van der Waals surface area contributed by atoms with E-state index in [1.54, 1.807) is 4.90 Å². The summed E-state index contributed by atoms with van der Waals surface area (Å²) in [4.78, 5) is 23.9. The molecule has 0 atom stereocenters. The summed E-state index contributed by atoms with van der Waals surface area (Å²) in [6.07, 6.45) is -4.53. The molecular formula is C19H19F3N4O5S. The zero-order valence-electron chi connectivity index (χ0n) is 16.6. The zero-order chi connectivity index (χ0) is 23.5. The monoisotopic (exact) mass is 472 g/mol. The van der Waals surface area contributed by atoms with Gasteiger partial charge in [-0.2, -0.15) is 17.5 Å². The smallest absolute Gasteiger partial charge is 0.325 e. The number of hydrogen-bond acceptors (Lipinski definition) is 6. The molecule has 1 fully saturated rings. The third kappa shape index (κ3) is 5.60. The van der Waals surface area contributed by atoms with E-state index in [-0.39, 0.29) is 49.0 Å². The fourth-order valence-corrected chi connectivity index (χ4v) is 4.67. The summed E-state index contributed by atoms with van der Waals surface area (Å²) in [5.74, 6) is -0.528. The number of alkyl halides is 3. The minimum atomic E-state index is -4.53. The van der Waals surface area contributed by atoms with Crippen molar-refractivity contribution in [2.24, 2.45) is 0 Å². The topological polar surface area (TPSA) is 113 Å². The van der Waals surface area contributed by atoms with Crippen LogP contribution in [0.15, 0.2) is 53.4 Å². The Balaban J connectivity index is 1.57. The predicted octanol–water partition coefficient (Wildman–Crippen LogP) is 2.56. The van der Waals surface area contributed by atoms with Gasteiger partial charge in [0.05, 0.1) is 21.9 Å². The standard InChI is InChI=1S/C19H19F3N4O5S/c20-19(21,22)14-3-1-4-15(11-14)23-18(27)13-24-7-9-25(10-8-24)32(30,31)17-6-2-5-16(12-17)26(28)29/h1-6,11-12H,7-10,13H2,(H,23,27). The third-order valence-electron chi connectivity index (χ3n) is 4.84. The van der Waals surface area contributed by atoms with E-state index in [9.17, 15) is 36.5 Å². The summed E-state index contributed by atoms with van der Waals surface area (Å²) >= 11 is 0. The van der Waals surface area contributed by atoms with E-state index in [0.717, 1.165) is 18.2 Å². The Hall–Kier alpha value is -3.03. The highest BCUT2D eigenvalue weighted by Gasteiger charge is 2.31. The van der Waals surface area contributed by atoms with Gasteiger partial charge in [0.15, 0.2) is 0 Å². The number of nitro benzene ring substituents is 1. The maximum Gasteiger partial charge on any atom is 0.416 e. The SMILES string of the molecule is O=C(CN1CCN(S(=O)(=O)c2cccc([N+](=O)[O-])c2)CC1)Nc1cccc(C(F)(F)F)c1. The number of piperazine rings is 1. The second-order valence-electron chi connectivity index (χ2n) is 7.06. The number of amides is 1. The Labute approximate surface area is 181 Å². The second-order valence-corrected chi connectivity index (χ2v) is 9.00. The minimum Gasteiger partial charge on any atom is -0.325 e. The van der Waals surface area contributed by atoms with Crippen molar-refractivity contribution in [3.05, 3.63) is 64.2 Å². The molecule has 1 N–H and O–H groups in total. The molecule has 0 radical (unpaired) electrons. The van der Waals surface area contributed by atoms with Crippen molar-refractivity contribution in [3.8, 4) is 0 Å². The average Bonchev–Trinajstić information content (AvgIpc) is 2.73. The van der Waals surface area contributed by atoms with Crippen molar-refractivity contribution < 1.29 is 31.3 Å². The van der Waals surface area contributed by atoms with Gasteiger partial charge in [-0.1, -0.05) is 12.1 Å². The molecule has 0 spiro atoms. The van der Waals surface area contributed by atoms with E-state index in [1.165, 1.54) is 34.6 Å². The van der Waals surface area contributed by atoms with Crippen molar-refractivity contribution in [1.29, 1.82) is 0 Å². The van der Waals surface area contributed by atoms with Gasteiger partial charge in [0.2, 0.25) is 15.9 Å². The first-order valence-corrected chi connectivity index (χ1v) is 10.8. The number of nitrogens with one attached hydrogen (secondary N) is 1. The molecule has 1 aliphatic rings. The molecule has 3 rings (SSSR count). The predicted molar refractivity (Wildman–Crippen MR) is 108 cm³/mol. The highest BCUT2D eigenvalue weighted by Crippen LogP contribution is 2.30. The number of nitrogens with zero attached hydrogens (tertiary/aromatic N) is 3. The van der Waals surface area contributed by atoms with Crippen LogP contribution in [0.2, 0.25) is 0 Å². The van der Waals surface area contributed by atoms with Gasteiger partial charge in [-0.25, -0.2) is 8.42 Å². The van der Waals surface area contributed by atoms with Crippen molar-refractivity contribution in [2.75, 3.05) is 38.0 Å². The first-order valence-electron chi connectivity index (χ1n) is 9.41. The van der Waals surface area contributed by atoms with Crippen molar-refractivity contribution in [3.63, 3.8) is 0 Å². The minimum absolute atomic E-state index is 0.0108. The lowest BCUT2D eigenvalue weighted by molar-refractivity contribution is -0.385. The number of non-ortho nitro benzene ring substituents is 1. The van der Waals surface area contributed by atoms with Crippen LogP contribution < -0.4 is 5.32 Å². The Morgan fingerprint density at radius 3 is 2.34 bits per heavy atom. The summed E-state index contributed by atoms with van der Waals surface area (Å²) in [6.45, 7) is 0.416. The number of carbonyl (C=O) groups is 1. The van der Waals surface area contributed by atoms with Crippen molar-refractivity contribution in [2.45, 2.75) is 11.1 Å². The molecular weight excluding hydrogens is 453 g/mol. The molecule has 13 heteroatoms. The molecule has 1 saturated heterocycles. The van der Waals surface area contributed by atoms with Crippen molar-refractivity contribution >= 4 is 27.3 Å². The number of nitro groups is 1. The van der Waals surface area contributed by atoms with Crippen LogP contribution in [0, 0.1) is 10.1 Å². The molecule has 0 unspecified atom stereocenters. The number of benzene rings is 2. The lowest BCUT2D eigenvalue weighted by Crippen LogP contribution is -2.50. The summed E-state index contributed by atoms with van der Waals surface area (Å²) < 4.78 is 65.1. The summed E-state index contributed by atoms with van der Waals surface area (Å²) in [7, 11) is -3.94. The van der Waals surface area contributed by atoms with Gasteiger partial charge in [-0.05, 0) is 24.3 Å². The Morgan fingerprint density at radius 2 is 1.72 bits per heavy atom. The van der Waals surface area contributed by atoms with Crippen LogP contribution in [-0.2, 0) is 21.0 Å². The van der Waals surface area contributed by atoms with E-state index in [1.807, 2.05) is 0 Å². The number of sulfonamides is 1. The van der Waals surface area contributed by atoms with Gasteiger partial charge in [-0.3, -0.25) is 19.8 Å². The van der Waals surface area contributed by atoms with Crippen LogP contribution in [0.4, 0.5) is 24.5 Å². The molecule has 1 heterocycles. The molecule has 2 aromatic rings. The van der Waals surface area contributed by atoms with Crippen LogP contribution in [-0.4, -0.2) is 61.2 Å². The number of carbonyl (C=O) groups excluding carboxylic acids is 1. The lowest BCUT2D eigenvalue weighted by atomic mass is 10.2. The molecule has 0 bridgehead atoms. The summed E-state index contributed by atoms with van der Waals surface area (Å²) in [5, 5.41) is 13.3. The molecule has 9 nitrogen and oxygen atoms in total. The fraction of sp³-hybridized carbons (Fsp3) is 0.316. The number of rotatable bonds is 6. The molecule has 1 amide bonds. The van der Waals surface area contributed by atoms with Crippen LogP contribution >= 0.6 is 0 Å². The molecule has 32 heavy (non-hydrogen) atoms. The highest BCUT2D eigenvalue weighted by atomic mass is 32.2. The second kappa shape index (κ2) is 9.22. The van der Waals surface area contributed by atoms with E-state index in [4.69, 9.17) is 0 Å². The van der Waals surface area contributed by atoms with Gasteiger partial charge in [0.1, 0.15) is 0 Å². The normalized spacial score (nSPS) is 16.0. The Bertz CT molecular complexity index is 1120. The van der Waals surface area contributed by atoms with Crippen LogP contribution in [0.25, 0.3) is 0 Å². The van der Waals surface area contributed by atoms with Gasteiger partial charge in [0.25, 0.3) is 5.69 Å². The third-order valence-corrected chi connectivity index (χ3v) is 6.73. The number of anilines is 1. The van der Waals surface area contributed by atoms with E-state index in [2.05, 4.69) is 5.32 Å². The summed E-state index contributed by atoms with van der Waals surface area (Å²) in [6, 6.07) is 9.02. The first-order chi connectivity index (χ1) is 15.0. The van der Waals surface area contributed by atoms with E-state index >= 15 is 0 Å². The maximum atomic E-state index is 12.8. The van der Waals surface area contributed by atoms with Gasteiger partial charge in [-0.15, -0.1) is 0 Å². The zero-order valence-corrected chi connectivity index (χ0v) is 17.4. The maximum absolute atomic E-state index is 12.8. The van der Waals surface area contributed by atoms with Gasteiger partial charge in [0, 0.05) is 44.0 Å². The molecule has 1 aliphatic heterocycles. The van der Waals surface area contributed by atoms with Crippen LogP contribution in [0.1, 0.15) is 5.56 Å². The Kier molecular flexibility index (Phi) is 6.81. The van der Waals surface area contributed by atoms with E-state index < -0.39 is 32.6 Å². The lowest BCUT2D eigenvalue weighted by Gasteiger charge is -2.33. The van der Waals surface area contributed by atoms with Gasteiger partial charge >= 0.3 is 6.18 Å². The molecule has 2 aromatic carbocycles. The first kappa shape index (κ1) is 23.6. The molecule has 172 valence electrons. The molecule has 0 aromatic heterocycles. The molecule has 0 aliphatic carbocycles. The van der Waals surface area contributed by atoms with Crippen LogP contribution in [0.5, 0.6) is 0 Å². The Morgan fingerprint density at radius 1 is 1.06 bits per heavy atom. The fourth-order valence-electron chi connectivity index (χ4n) is 3.21. The van der Waals surface area contributed by atoms with E-state index in [0.29, 0.717) is 0 Å². The average molecular weight is 472 g/mol. The number of halogens is 3. The number of hydrogen-bond donors (Lipinski definition) is 1.